The van der Waals surface area contributed by atoms with E-state index in [9.17, 15) is 9.65 Å². The fraction of sp³-hybridized carbons (Fsp3) is 0.0526. The van der Waals surface area contributed by atoms with Crippen molar-refractivity contribution < 1.29 is 9.13 Å². The van der Waals surface area contributed by atoms with Crippen molar-refractivity contribution in [2.75, 3.05) is 7.11 Å². The molecule has 7 heteroatoms. The van der Waals surface area contributed by atoms with Gasteiger partial charge in [0, 0.05) is 10.9 Å². The van der Waals surface area contributed by atoms with Gasteiger partial charge in [0.15, 0.2) is 11.5 Å². The minimum atomic E-state index is -0.389. The second-order valence-corrected chi connectivity index (χ2v) is 5.51. The predicted molar refractivity (Wildman–Crippen MR) is 93.3 cm³/mol. The maximum atomic E-state index is 13.8. The SMILES string of the molecule is COc1ccc2c(-n3nccn3)nc(C#N)c(-c3cccc(F)c3)c2c1. The van der Waals surface area contributed by atoms with Crippen molar-refractivity contribution in [2.45, 2.75) is 0 Å². The fourth-order valence-electron chi connectivity index (χ4n) is 2.90. The predicted octanol–water partition coefficient (Wildman–Crippen LogP) is 3.50. The molecule has 0 aliphatic rings. The van der Waals surface area contributed by atoms with E-state index in [2.05, 4.69) is 21.3 Å². The van der Waals surface area contributed by atoms with Gasteiger partial charge in [-0.05, 0) is 41.3 Å². The molecule has 0 spiro atoms. The van der Waals surface area contributed by atoms with Crippen LogP contribution in [-0.4, -0.2) is 27.1 Å². The second kappa shape index (κ2) is 6.26. The molecule has 0 fully saturated rings. The van der Waals surface area contributed by atoms with Gasteiger partial charge in [-0.1, -0.05) is 12.1 Å². The number of hydrogen-bond donors (Lipinski definition) is 0. The molecule has 4 rings (SSSR count). The maximum absolute atomic E-state index is 13.8. The van der Waals surface area contributed by atoms with Gasteiger partial charge in [0.1, 0.15) is 17.6 Å². The monoisotopic (exact) mass is 345 g/mol. The summed E-state index contributed by atoms with van der Waals surface area (Å²) in [6.07, 6.45) is 3.06. The minimum absolute atomic E-state index is 0.156. The Morgan fingerprint density at radius 3 is 2.58 bits per heavy atom. The number of aromatic nitrogens is 4. The zero-order chi connectivity index (χ0) is 18.1. The van der Waals surface area contributed by atoms with Crippen LogP contribution in [0.4, 0.5) is 4.39 Å². The van der Waals surface area contributed by atoms with Gasteiger partial charge in [-0.25, -0.2) is 9.37 Å². The number of nitrogens with zero attached hydrogens (tertiary/aromatic N) is 5. The topological polar surface area (TPSA) is 76.6 Å². The second-order valence-electron chi connectivity index (χ2n) is 5.51. The van der Waals surface area contributed by atoms with Crippen LogP contribution in [0.3, 0.4) is 0 Å². The smallest absolute Gasteiger partial charge is 0.183 e. The normalized spacial score (nSPS) is 10.7. The van der Waals surface area contributed by atoms with Crippen LogP contribution in [0, 0.1) is 17.1 Å². The highest BCUT2D eigenvalue weighted by molar-refractivity contribution is 6.02. The number of pyridine rings is 1. The molecule has 0 bridgehead atoms. The first-order valence-electron chi connectivity index (χ1n) is 7.75. The van der Waals surface area contributed by atoms with Crippen molar-refractivity contribution in [1.29, 1.82) is 5.26 Å². The lowest BCUT2D eigenvalue weighted by atomic mass is 9.97. The number of nitriles is 1. The van der Waals surface area contributed by atoms with Crippen LogP contribution in [0.1, 0.15) is 5.69 Å². The number of ether oxygens (including phenoxy) is 1. The summed E-state index contributed by atoms with van der Waals surface area (Å²) >= 11 is 0. The van der Waals surface area contributed by atoms with E-state index in [1.54, 1.807) is 31.4 Å². The van der Waals surface area contributed by atoms with E-state index >= 15 is 0 Å². The van der Waals surface area contributed by atoms with Gasteiger partial charge >= 0.3 is 0 Å². The Labute approximate surface area is 148 Å². The van der Waals surface area contributed by atoms with E-state index in [1.807, 2.05) is 6.07 Å². The molecule has 0 atom stereocenters. The van der Waals surface area contributed by atoms with Crippen molar-refractivity contribution in [2.24, 2.45) is 0 Å². The Balaban J connectivity index is 2.14. The van der Waals surface area contributed by atoms with Crippen LogP contribution in [0.2, 0.25) is 0 Å². The summed E-state index contributed by atoms with van der Waals surface area (Å²) in [5, 5.41) is 19.3. The van der Waals surface area contributed by atoms with Crippen LogP contribution in [0.15, 0.2) is 54.9 Å². The van der Waals surface area contributed by atoms with Gasteiger partial charge < -0.3 is 4.74 Å². The molecule has 126 valence electrons. The van der Waals surface area contributed by atoms with E-state index in [0.29, 0.717) is 28.1 Å². The Morgan fingerprint density at radius 2 is 1.88 bits per heavy atom. The first kappa shape index (κ1) is 15.7. The van der Waals surface area contributed by atoms with E-state index < -0.39 is 0 Å². The first-order valence-corrected chi connectivity index (χ1v) is 7.75. The van der Waals surface area contributed by atoms with E-state index in [4.69, 9.17) is 4.74 Å². The summed E-state index contributed by atoms with van der Waals surface area (Å²) in [4.78, 5) is 5.79. The summed E-state index contributed by atoms with van der Waals surface area (Å²) in [6.45, 7) is 0. The number of methoxy groups -OCH3 is 1. The maximum Gasteiger partial charge on any atom is 0.183 e. The molecule has 0 N–H and O–H groups in total. The third kappa shape index (κ3) is 2.54. The van der Waals surface area contributed by atoms with Gasteiger partial charge in [0.05, 0.1) is 19.5 Å². The molecule has 0 radical (unpaired) electrons. The van der Waals surface area contributed by atoms with Crippen molar-refractivity contribution in [3.63, 3.8) is 0 Å². The molecule has 0 unspecified atom stereocenters. The summed E-state index contributed by atoms with van der Waals surface area (Å²) in [6, 6.07) is 13.6. The summed E-state index contributed by atoms with van der Waals surface area (Å²) < 4.78 is 19.1. The van der Waals surface area contributed by atoms with Crippen molar-refractivity contribution in [3.05, 3.63) is 66.4 Å². The summed E-state index contributed by atoms with van der Waals surface area (Å²) in [5.41, 5.74) is 1.26. The molecule has 0 saturated carbocycles. The van der Waals surface area contributed by atoms with Crippen LogP contribution in [0.25, 0.3) is 27.7 Å². The van der Waals surface area contributed by atoms with Gasteiger partial charge in [0.2, 0.25) is 0 Å². The van der Waals surface area contributed by atoms with Crippen LogP contribution in [0.5, 0.6) is 5.75 Å². The van der Waals surface area contributed by atoms with Crippen LogP contribution in [-0.2, 0) is 0 Å². The molecule has 0 aliphatic heterocycles. The minimum Gasteiger partial charge on any atom is -0.497 e. The van der Waals surface area contributed by atoms with Gasteiger partial charge in [-0.15, -0.1) is 4.80 Å². The van der Waals surface area contributed by atoms with Gasteiger partial charge in [0.25, 0.3) is 0 Å². The van der Waals surface area contributed by atoms with E-state index in [1.165, 1.54) is 29.3 Å². The molecule has 0 saturated heterocycles. The first-order chi connectivity index (χ1) is 12.7. The molecular formula is C19H12FN5O. The Bertz CT molecular complexity index is 1150. The van der Waals surface area contributed by atoms with Crippen molar-refractivity contribution in [1.82, 2.24) is 20.0 Å². The molecule has 2 heterocycles. The Hall–Kier alpha value is -3.79. The standard InChI is InChI=1S/C19H12FN5O/c1-26-14-5-6-15-16(10-14)18(12-3-2-4-13(20)9-12)17(11-21)24-19(15)25-22-7-8-23-25/h2-10H,1H3. The van der Waals surface area contributed by atoms with Crippen LogP contribution >= 0.6 is 0 Å². The van der Waals surface area contributed by atoms with Gasteiger partial charge in [-0.2, -0.15) is 15.5 Å². The molecule has 2 aromatic carbocycles. The van der Waals surface area contributed by atoms with E-state index in [0.717, 1.165) is 5.39 Å². The third-order valence-electron chi connectivity index (χ3n) is 4.02. The number of hydrogen-bond acceptors (Lipinski definition) is 5. The largest absolute Gasteiger partial charge is 0.497 e. The molecule has 0 aliphatic carbocycles. The van der Waals surface area contributed by atoms with E-state index in [-0.39, 0.29) is 11.5 Å². The number of fused-ring (bicyclic) bond motifs is 1. The lowest BCUT2D eigenvalue weighted by Crippen LogP contribution is -2.06. The highest BCUT2D eigenvalue weighted by Gasteiger charge is 2.18. The number of benzene rings is 2. The average molecular weight is 345 g/mol. The molecular weight excluding hydrogens is 333 g/mol. The average Bonchev–Trinajstić information content (AvgIpc) is 3.20. The highest BCUT2D eigenvalue weighted by Crippen LogP contribution is 2.35. The molecule has 4 aromatic rings. The lowest BCUT2D eigenvalue weighted by molar-refractivity contribution is 0.415. The quantitative estimate of drug-likeness (QED) is 0.568. The number of rotatable bonds is 3. The molecule has 6 nitrogen and oxygen atoms in total. The van der Waals surface area contributed by atoms with Crippen LogP contribution < -0.4 is 4.74 Å². The van der Waals surface area contributed by atoms with Crippen molar-refractivity contribution in [3.8, 4) is 28.8 Å². The zero-order valence-corrected chi connectivity index (χ0v) is 13.7. The summed E-state index contributed by atoms with van der Waals surface area (Å²) in [7, 11) is 1.56. The molecule has 26 heavy (non-hydrogen) atoms. The lowest BCUT2D eigenvalue weighted by Gasteiger charge is -2.13. The van der Waals surface area contributed by atoms with Gasteiger partial charge in [-0.3, -0.25) is 0 Å². The highest BCUT2D eigenvalue weighted by atomic mass is 19.1. The Morgan fingerprint density at radius 1 is 1.08 bits per heavy atom. The third-order valence-corrected chi connectivity index (χ3v) is 4.02. The molecule has 2 aromatic heterocycles. The van der Waals surface area contributed by atoms with Crippen molar-refractivity contribution >= 4 is 10.8 Å². The fourth-order valence-corrected chi connectivity index (χ4v) is 2.90. The zero-order valence-electron chi connectivity index (χ0n) is 13.7. The molecule has 0 amide bonds. The number of halogens is 1. The summed E-state index contributed by atoms with van der Waals surface area (Å²) in [5.74, 6) is 0.647. The Kier molecular flexibility index (Phi) is 3.78.